The summed E-state index contributed by atoms with van der Waals surface area (Å²) in [6, 6.07) is 1.74. The number of nitrogens with zero attached hydrogens (tertiary/aromatic N) is 4. The number of pyridine rings is 2. The Morgan fingerprint density at radius 3 is 1.14 bits per heavy atom. The molecule has 6 rings (SSSR count). The van der Waals surface area contributed by atoms with E-state index in [0.29, 0.717) is 79.2 Å². The van der Waals surface area contributed by atoms with Crippen molar-refractivity contribution >= 4 is 50.8 Å². The van der Waals surface area contributed by atoms with Crippen LogP contribution in [-0.2, 0) is 66.2 Å². The second kappa shape index (κ2) is 42.3. The van der Waals surface area contributed by atoms with Gasteiger partial charge in [0.05, 0.1) is 54.4 Å². The van der Waals surface area contributed by atoms with Crippen molar-refractivity contribution in [3.05, 3.63) is 183 Å². The Morgan fingerprint density at radius 1 is 0.486 bits per heavy atom. The van der Waals surface area contributed by atoms with Crippen molar-refractivity contribution < 1.29 is 104 Å². The number of carboxylic acids is 1. The molecule has 0 aliphatic carbocycles. The van der Waals surface area contributed by atoms with Gasteiger partial charge in [-0.25, -0.2) is 22.4 Å². The van der Waals surface area contributed by atoms with Gasteiger partial charge in [-0.05, 0) is 176 Å². The average molecular weight is 1630 g/mol. The minimum Gasteiger partial charge on any atom is -0.480 e. The van der Waals surface area contributed by atoms with Crippen LogP contribution >= 0.6 is 27.0 Å². The summed E-state index contributed by atoms with van der Waals surface area (Å²) in [7, 11) is 0. The maximum Gasteiger partial charge on any atom is 0.419 e. The van der Waals surface area contributed by atoms with Crippen molar-refractivity contribution in [2.75, 3.05) is 52.5 Å². The molecule has 15 nitrogen and oxygen atoms in total. The number of aliphatic carboxylic acids is 1. The van der Waals surface area contributed by atoms with E-state index < -0.39 is 170 Å². The molecule has 0 bridgehead atoms. The maximum absolute atomic E-state index is 16.7. The summed E-state index contributed by atoms with van der Waals surface area (Å²) in [5.74, 6) is -11.4. The molecule has 0 saturated carbocycles. The van der Waals surface area contributed by atoms with Gasteiger partial charge in [0.15, 0.2) is 0 Å². The Bertz CT molecular complexity index is 4260. The lowest BCUT2D eigenvalue weighted by molar-refractivity contribution is -0.145. The molecule has 4 atom stereocenters. The van der Waals surface area contributed by atoms with Gasteiger partial charge in [-0.2, -0.15) is 79.7 Å². The lowest BCUT2D eigenvalue weighted by Crippen LogP contribution is -2.41. The number of hydrogen-bond donors (Lipinski definition) is 3. The van der Waals surface area contributed by atoms with Crippen molar-refractivity contribution in [2.24, 2.45) is 17.6 Å². The number of benzene rings is 4. The number of aromatic nitrogens is 2. The molecule has 6 aromatic rings. The fraction of sp³-hybridized carbons (Fsp3) is 0.513. The van der Waals surface area contributed by atoms with Gasteiger partial charge in [0.1, 0.15) is 35.4 Å². The van der Waals surface area contributed by atoms with E-state index in [1.54, 1.807) is 79.7 Å². The number of hydrogen-bond acceptors (Lipinski definition) is 11. The number of ether oxygens (including phenoxy) is 2. The molecule has 0 saturated heterocycles. The van der Waals surface area contributed by atoms with E-state index in [9.17, 15) is 90.9 Å². The Balaban J connectivity index is 0.000000618. The zero-order valence-electron chi connectivity index (χ0n) is 64.8. The number of aryl methyl sites for hydroxylation is 6. The van der Waals surface area contributed by atoms with Gasteiger partial charge in [0, 0.05) is 65.9 Å². The second-order valence-corrected chi connectivity index (χ2v) is 27.3. The van der Waals surface area contributed by atoms with Crippen molar-refractivity contribution in [1.82, 2.24) is 24.3 Å². The minimum atomic E-state index is -5.35. The van der Waals surface area contributed by atoms with E-state index in [-0.39, 0.29) is 101 Å². The highest BCUT2D eigenvalue weighted by molar-refractivity contribution is 7.59. The van der Waals surface area contributed by atoms with Crippen LogP contribution in [0.2, 0.25) is 0 Å². The standard InChI is InChI=1S/C39H47F8N3O4.C21H22F5NO2.C18H27F3N2O3.2H2S/c1-9-49(10-2)13-12-25-20-50(31(51)18-27(25)38(42,43)44)30(14-21(4)5)37(53)48-29(19-32(52)54-11-3)34-35(40)26(17-28(36(34)41)39(45,46)47)33-23(7)15-22(6)16-24(33)8;1-5-29-16(28)9-15(27)18-19(22)13(8-14(20(18)23)21(24,25)26)17-11(3)6-10(2)7-12(17)4;1-5-22(6-2)8-7-13-11-23(15(17(25)26)9-12(3)4)16(24)10-14(13)18(19,20)21;;/h15-18,20-21,29-30H,9-14,19H2,1-8H3,(H,48,53);6-8,15H,5,9,27H2,1-4H3;10-12,15H,5-9H2,1-4H3,(H,25,26);2*1H2/t29-,30?;15-;;;/m00.../s1. The lowest BCUT2D eigenvalue weighted by Gasteiger charge is -2.28. The predicted molar refractivity (Wildman–Crippen MR) is 402 cm³/mol. The fourth-order valence-electron chi connectivity index (χ4n) is 13.1. The molecule has 0 spiro atoms. The number of esters is 2. The van der Waals surface area contributed by atoms with E-state index >= 15 is 13.2 Å². The average Bonchev–Trinajstić information content (AvgIpc) is 0.698. The topological polar surface area (TPSA) is 196 Å². The molecule has 2 aromatic heterocycles. The van der Waals surface area contributed by atoms with E-state index in [4.69, 9.17) is 15.2 Å². The smallest absolute Gasteiger partial charge is 0.419 e. The molecule has 0 fully saturated rings. The van der Waals surface area contributed by atoms with Crippen molar-refractivity contribution in [3.8, 4) is 22.3 Å². The van der Waals surface area contributed by atoms with Gasteiger partial charge in [0.25, 0.3) is 11.1 Å². The highest BCUT2D eigenvalue weighted by Gasteiger charge is 2.43. The number of carbonyl (C=O) groups is 4. The normalized spacial score (nSPS) is 13.0. The molecule has 4 aromatic carbocycles. The summed E-state index contributed by atoms with van der Waals surface area (Å²) in [5.41, 5.74) is -2.08. The second-order valence-electron chi connectivity index (χ2n) is 27.3. The minimum absolute atomic E-state index is 0. The Hall–Kier alpha value is -7.88. The van der Waals surface area contributed by atoms with Crippen LogP contribution in [0.5, 0.6) is 0 Å². The SMILES string of the molecule is CCN(CC)CCc1cn(C(CC(C)C)C(=O)O)c(=O)cc1C(F)(F)F.CCOC(=O)C[C@H](N)c1c(F)c(-c2c(C)cc(C)cc2C)cc(C(F)(F)F)c1F.CCOC(=O)C[C@H](NC(=O)C(CC(C)C)n1cc(CCN(CC)CC)c(C(F)(F)F)cc1=O)c1c(F)c(-c2c(C)cc(C)cc2C)cc(C(F)(F)F)c1F.S.S. The van der Waals surface area contributed by atoms with Crippen LogP contribution in [0.15, 0.2) is 70.5 Å². The Kier molecular flexibility index (Phi) is 37.8. The van der Waals surface area contributed by atoms with Gasteiger partial charge in [-0.3, -0.25) is 24.0 Å². The fourth-order valence-corrected chi connectivity index (χ4v) is 13.1. The van der Waals surface area contributed by atoms with E-state index in [1.807, 2.05) is 37.5 Å². The number of likely N-dealkylation sites (N-methyl/N-ethyl adjacent to an activating group) is 2. The molecule has 2 heterocycles. The third kappa shape index (κ3) is 26.6. The summed E-state index contributed by atoms with van der Waals surface area (Å²) in [6.45, 7) is 30.0. The van der Waals surface area contributed by atoms with Crippen LogP contribution in [0, 0.1) is 76.6 Å². The van der Waals surface area contributed by atoms with Crippen molar-refractivity contribution in [2.45, 2.75) is 198 Å². The van der Waals surface area contributed by atoms with Gasteiger partial charge in [-0.15, -0.1) is 0 Å². The van der Waals surface area contributed by atoms with Gasteiger partial charge in [-0.1, -0.05) is 90.8 Å². The van der Waals surface area contributed by atoms with Crippen LogP contribution in [-0.4, -0.2) is 100 Å². The Labute approximate surface area is 649 Å². The number of amides is 1. The first-order valence-electron chi connectivity index (χ1n) is 35.5. The Morgan fingerprint density at radius 2 is 0.811 bits per heavy atom. The molecule has 33 heteroatoms. The number of nitrogens with one attached hydrogen (secondary N) is 1. The third-order valence-electron chi connectivity index (χ3n) is 18.1. The third-order valence-corrected chi connectivity index (χ3v) is 18.1. The molecular formula is C78H100F16N6O9S2. The zero-order valence-corrected chi connectivity index (χ0v) is 66.8. The molecule has 0 radical (unpaired) electrons. The predicted octanol–water partition coefficient (Wildman–Crippen LogP) is 18.2. The molecule has 620 valence electrons. The van der Waals surface area contributed by atoms with Crippen LogP contribution in [0.1, 0.15) is 197 Å². The molecule has 0 aliphatic heterocycles. The van der Waals surface area contributed by atoms with Crippen LogP contribution < -0.4 is 22.2 Å². The molecule has 111 heavy (non-hydrogen) atoms. The number of carbonyl (C=O) groups excluding carboxylic acids is 3. The highest BCUT2D eigenvalue weighted by Crippen LogP contribution is 2.45. The van der Waals surface area contributed by atoms with Gasteiger partial charge >= 0.3 is 42.6 Å². The van der Waals surface area contributed by atoms with E-state index in [2.05, 4.69) is 5.32 Å². The molecular weight excluding hydrogens is 1530 g/mol. The lowest BCUT2D eigenvalue weighted by atomic mass is 9.88. The molecule has 0 aliphatic rings. The first-order valence-corrected chi connectivity index (χ1v) is 35.5. The largest absolute Gasteiger partial charge is 0.480 e. The summed E-state index contributed by atoms with van der Waals surface area (Å²) in [4.78, 5) is 79.6. The number of carboxylic acid groups (broad SMARTS) is 1. The zero-order chi connectivity index (χ0) is 83.0. The monoisotopic (exact) mass is 1630 g/mol. The van der Waals surface area contributed by atoms with Crippen LogP contribution in [0.4, 0.5) is 70.2 Å². The maximum atomic E-state index is 16.7. The summed E-state index contributed by atoms with van der Waals surface area (Å²) in [6.07, 6.45) is -19.8. The summed E-state index contributed by atoms with van der Waals surface area (Å²) in [5, 5.41) is 11.7. The first-order chi connectivity index (χ1) is 50.4. The van der Waals surface area contributed by atoms with Crippen molar-refractivity contribution in [1.29, 1.82) is 0 Å². The van der Waals surface area contributed by atoms with Gasteiger partial charge < -0.3 is 44.6 Å². The summed E-state index contributed by atoms with van der Waals surface area (Å²) >= 11 is 0. The number of nitrogens with two attached hydrogens (primary N) is 1. The molecule has 1 amide bonds. The first kappa shape index (κ1) is 99.2. The van der Waals surface area contributed by atoms with Crippen molar-refractivity contribution in [3.63, 3.8) is 0 Å². The van der Waals surface area contributed by atoms with E-state index in [1.165, 1.54) is 27.7 Å². The molecule has 4 N–H and O–H groups in total. The molecule has 2 unspecified atom stereocenters. The van der Waals surface area contributed by atoms with Crippen LogP contribution in [0.25, 0.3) is 22.3 Å². The van der Waals surface area contributed by atoms with Crippen LogP contribution in [0.3, 0.4) is 0 Å². The summed E-state index contributed by atoms with van der Waals surface area (Å²) < 4.78 is 240. The van der Waals surface area contributed by atoms with Gasteiger partial charge in [0.2, 0.25) is 5.91 Å². The van der Waals surface area contributed by atoms with E-state index in [0.717, 1.165) is 32.7 Å². The number of halogens is 16. The quantitative estimate of drug-likeness (QED) is 0.0297. The number of rotatable bonds is 29. The number of alkyl halides is 12. The highest BCUT2D eigenvalue weighted by atomic mass is 32.1.